The monoisotopic (exact) mass is 234 g/mol. The largest absolute Gasteiger partial charge is 0.318 e. The fourth-order valence-electron chi connectivity index (χ4n) is 1.49. The van der Waals surface area contributed by atoms with Crippen molar-refractivity contribution in [1.29, 1.82) is 0 Å². The van der Waals surface area contributed by atoms with E-state index < -0.39 is 5.66 Å². The first kappa shape index (κ1) is 11.2. The Morgan fingerprint density at radius 2 is 1.88 bits per heavy atom. The highest BCUT2D eigenvalue weighted by atomic mass is 32.2. The van der Waals surface area contributed by atoms with Crippen molar-refractivity contribution < 1.29 is 0 Å². The molecule has 1 aromatic rings. The molecule has 0 aliphatic carbocycles. The van der Waals surface area contributed by atoms with Crippen LogP contribution in [0.1, 0.15) is 19.4 Å². The maximum Gasteiger partial charge on any atom is 0.179 e. The number of hydrogen-bond acceptors (Lipinski definition) is 5. The van der Waals surface area contributed by atoms with Crippen molar-refractivity contribution in [1.82, 2.24) is 5.32 Å². The molecule has 16 heavy (non-hydrogen) atoms. The molecule has 0 atom stereocenters. The zero-order chi connectivity index (χ0) is 11.6. The second kappa shape index (κ2) is 4.27. The maximum atomic E-state index is 5.53. The third-order valence-corrected chi connectivity index (χ3v) is 2.56. The summed E-state index contributed by atoms with van der Waals surface area (Å²) < 4.78 is 0. The SMILES string of the molecule is CC1(C)N=C(SN)NC(c2ccccc2)=N1. The summed E-state index contributed by atoms with van der Waals surface area (Å²) in [6, 6.07) is 9.95. The van der Waals surface area contributed by atoms with E-state index in [1.165, 1.54) is 0 Å². The number of nitrogens with two attached hydrogens (primary N) is 1. The summed E-state index contributed by atoms with van der Waals surface area (Å²) in [4.78, 5) is 8.90. The van der Waals surface area contributed by atoms with Crippen LogP contribution in [0.2, 0.25) is 0 Å². The number of rotatable bonds is 1. The molecule has 0 bridgehead atoms. The molecule has 5 heteroatoms. The Bertz CT molecular complexity index is 437. The van der Waals surface area contributed by atoms with Gasteiger partial charge in [0.15, 0.2) is 5.17 Å². The highest BCUT2D eigenvalue weighted by molar-refractivity contribution is 8.11. The summed E-state index contributed by atoms with van der Waals surface area (Å²) in [6.45, 7) is 3.90. The van der Waals surface area contributed by atoms with Crippen molar-refractivity contribution in [3.05, 3.63) is 35.9 Å². The Morgan fingerprint density at radius 3 is 2.50 bits per heavy atom. The Kier molecular flexibility index (Phi) is 2.98. The van der Waals surface area contributed by atoms with Crippen LogP contribution in [0.4, 0.5) is 0 Å². The summed E-state index contributed by atoms with van der Waals surface area (Å²) >= 11 is 1.10. The van der Waals surface area contributed by atoms with Crippen LogP contribution in [-0.2, 0) is 0 Å². The molecule has 1 aromatic carbocycles. The predicted octanol–water partition coefficient (Wildman–Crippen LogP) is 1.74. The summed E-state index contributed by atoms with van der Waals surface area (Å²) in [6.07, 6.45) is 0. The lowest BCUT2D eigenvalue weighted by atomic mass is 10.2. The van der Waals surface area contributed by atoms with Gasteiger partial charge in [-0.3, -0.25) is 5.14 Å². The molecule has 0 radical (unpaired) electrons. The Morgan fingerprint density at radius 1 is 1.19 bits per heavy atom. The van der Waals surface area contributed by atoms with E-state index in [-0.39, 0.29) is 0 Å². The van der Waals surface area contributed by atoms with Crippen molar-refractivity contribution in [2.45, 2.75) is 19.5 Å². The first-order valence-electron chi connectivity index (χ1n) is 4.99. The van der Waals surface area contributed by atoms with Gasteiger partial charge in [0.05, 0.1) is 0 Å². The van der Waals surface area contributed by atoms with Crippen LogP contribution >= 0.6 is 11.9 Å². The average Bonchev–Trinajstić information content (AvgIpc) is 2.28. The lowest BCUT2D eigenvalue weighted by Gasteiger charge is -2.24. The van der Waals surface area contributed by atoms with Crippen LogP contribution in [0.3, 0.4) is 0 Å². The maximum absolute atomic E-state index is 5.53. The molecule has 0 aromatic heterocycles. The Labute approximate surface area is 99.2 Å². The topological polar surface area (TPSA) is 62.8 Å². The molecule has 1 aliphatic rings. The van der Waals surface area contributed by atoms with E-state index in [1.54, 1.807) is 0 Å². The van der Waals surface area contributed by atoms with E-state index in [0.717, 1.165) is 23.3 Å². The number of aliphatic imine (C=N–C) groups is 2. The lowest BCUT2D eigenvalue weighted by Crippen LogP contribution is -2.39. The first-order chi connectivity index (χ1) is 7.61. The third-order valence-electron chi connectivity index (χ3n) is 2.14. The van der Waals surface area contributed by atoms with E-state index in [2.05, 4.69) is 15.3 Å². The van der Waals surface area contributed by atoms with Crippen molar-refractivity contribution in [2.75, 3.05) is 0 Å². The van der Waals surface area contributed by atoms with Crippen molar-refractivity contribution >= 4 is 23.0 Å². The van der Waals surface area contributed by atoms with Crippen molar-refractivity contribution in [3.8, 4) is 0 Å². The summed E-state index contributed by atoms with van der Waals surface area (Å²) in [5.41, 5.74) is 0.579. The standard InChI is InChI=1S/C11H14N4S/c1-11(2)14-9(13-10(15-11)16-12)8-6-4-3-5-7-8/h3-7H,12H2,1-2H3,(H,13,14,15). The van der Waals surface area contributed by atoms with Gasteiger partial charge < -0.3 is 5.32 Å². The normalized spacial score (nSPS) is 18.4. The number of benzene rings is 1. The fourth-order valence-corrected chi connectivity index (χ4v) is 1.92. The molecular formula is C11H14N4S. The molecule has 0 fully saturated rings. The number of amidine groups is 2. The highest BCUT2D eigenvalue weighted by Gasteiger charge is 2.23. The minimum Gasteiger partial charge on any atom is -0.318 e. The minimum absolute atomic E-state index is 0.460. The highest BCUT2D eigenvalue weighted by Crippen LogP contribution is 2.18. The zero-order valence-electron chi connectivity index (χ0n) is 9.27. The molecule has 84 valence electrons. The average molecular weight is 234 g/mol. The van der Waals surface area contributed by atoms with Crippen LogP contribution in [0, 0.1) is 0 Å². The van der Waals surface area contributed by atoms with Gasteiger partial charge in [0, 0.05) is 5.56 Å². The third kappa shape index (κ3) is 2.43. The van der Waals surface area contributed by atoms with Crippen LogP contribution in [-0.4, -0.2) is 16.7 Å². The van der Waals surface area contributed by atoms with Crippen LogP contribution < -0.4 is 10.5 Å². The fraction of sp³-hybridized carbons (Fsp3) is 0.273. The second-order valence-electron chi connectivity index (χ2n) is 3.98. The van der Waals surface area contributed by atoms with E-state index >= 15 is 0 Å². The molecule has 1 aliphatic heterocycles. The molecule has 3 N–H and O–H groups in total. The quantitative estimate of drug-likeness (QED) is 0.727. The van der Waals surface area contributed by atoms with Gasteiger partial charge in [-0.2, -0.15) is 0 Å². The molecule has 1 heterocycles. The van der Waals surface area contributed by atoms with Crippen LogP contribution in [0.15, 0.2) is 40.3 Å². The van der Waals surface area contributed by atoms with E-state index in [0.29, 0.717) is 5.17 Å². The number of nitrogens with one attached hydrogen (secondary N) is 1. The summed E-state index contributed by atoms with van der Waals surface area (Å²) in [5, 5.41) is 9.34. The molecule has 0 saturated carbocycles. The van der Waals surface area contributed by atoms with Gasteiger partial charge in [-0.25, -0.2) is 9.98 Å². The number of nitrogens with zero attached hydrogens (tertiary/aromatic N) is 2. The first-order valence-corrected chi connectivity index (χ1v) is 5.87. The van der Waals surface area contributed by atoms with Gasteiger partial charge >= 0.3 is 0 Å². The van der Waals surface area contributed by atoms with Crippen molar-refractivity contribution in [3.63, 3.8) is 0 Å². The molecule has 0 amide bonds. The minimum atomic E-state index is -0.460. The molecule has 0 unspecified atom stereocenters. The molecule has 4 nitrogen and oxygen atoms in total. The van der Waals surface area contributed by atoms with Gasteiger partial charge in [-0.05, 0) is 25.8 Å². The van der Waals surface area contributed by atoms with Crippen molar-refractivity contribution in [2.24, 2.45) is 15.1 Å². The molecule has 2 rings (SSSR count). The molecular weight excluding hydrogens is 220 g/mol. The van der Waals surface area contributed by atoms with E-state index in [9.17, 15) is 0 Å². The van der Waals surface area contributed by atoms with Gasteiger partial charge in [-0.1, -0.05) is 30.3 Å². The summed E-state index contributed by atoms with van der Waals surface area (Å²) in [7, 11) is 0. The van der Waals surface area contributed by atoms with Gasteiger partial charge in [0.25, 0.3) is 0 Å². The summed E-state index contributed by atoms with van der Waals surface area (Å²) in [5.74, 6) is 0.813. The smallest absolute Gasteiger partial charge is 0.179 e. The van der Waals surface area contributed by atoms with Gasteiger partial charge in [-0.15, -0.1) is 0 Å². The van der Waals surface area contributed by atoms with E-state index in [4.69, 9.17) is 5.14 Å². The van der Waals surface area contributed by atoms with Crippen LogP contribution in [0.25, 0.3) is 0 Å². The molecule has 0 spiro atoms. The molecule has 0 saturated heterocycles. The Hall–Kier alpha value is -1.33. The Balaban J connectivity index is 2.34. The lowest BCUT2D eigenvalue weighted by molar-refractivity contribution is 0.545. The zero-order valence-corrected chi connectivity index (χ0v) is 10.1. The second-order valence-corrected chi connectivity index (χ2v) is 4.60. The predicted molar refractivity (Wildman–Crippen MR) is 69.4 cm³/mol. The van der Waals surface area contributed by atoms with Crippen LogP contribution in [0.5, 0.6) is 0 Å². The van der Waals surface area contributed by atoms with Gasteiger partial charge in [0.2, 0.25) is 0 Å². The van der Waals surface area contributed by atoms with Gasteiger partial charge in [0.1, 0.15) is 11.5 Å². The number of hydrogen-bond donors (Lipinski definition) is 2. The van der Waals surface area contributed by atoms with E-state index in [1.807, 2.05) is 44.2 Å².